The fraction of sp³-hybridized carbons (Fsp3) is 0.0833. The summed E-state index contributed by atoms with van der Waals surface area (Å²) in [5.41, 5.74) is 0.418. The minimum absolute atomic E-state index is 0.0997. The number of alkyl halides is 1. The largest absolute Gasteiger partial charge is 0.292 e. The Hall–Kier alpha value is -1.26. The van der Waals surface area contributed by atoms with Crippen molar-refractivity contribution in [3.8, 4) is 10.4 Å². The number of Topliss-reactive ketones (excluding diaryl/α,β-unsaturated/α-hetero) is 1. The lowest BCUT2D eigenvalue weighted by Crippen LogP contribution is -1.95. The maximum absolute atomic E-state index is 13.0. The number of benzene rings is 1. The van der Waals surface area contributed by atoms with Gasteiger partial charge in [-0.1, -0.05) is 0 Å². The van der Waals surface area contributed by atoms with Crippen molar-refractivity contribution in [2.75, 3.05) is 5.88 Å². The number of hydrogen-bond acceptors (Lipinski definition) is 2. The van der Waals surface area contributed by atoms with Gasteiger partial charge in [0.2, 0.25) is 0 Å². The Morgan fingerprint density at radius 3 is 2.41 bits per heavy atom. The smallest absolute Gasteiger partial charge is 0.187 e. The highest BCUT2D eigenvalue weighted by atomic mass is 35.5. The van der Waals surface area contributed by atoms with Crippen molar-refractivity contribution in [1.29, 1.82) is 0 Å². The van der Waals surface area contributed by atoms with Crippen LogP contribution in [-0.2, 0) is 0 Å². The van der Waals surface area contributed by atoms with Gasteiger partial charge in [0.1, 0.15) is 11.6 Å². The van der Waals surface area contributed by atoms with Crippen LogP contribution < -0.4 is 0 Å². The highest BCUT2D eigenvalue weighted by Crippen LogP contribution is 2.29. The van der Waals surface area contributed by atoms with Gasteiger partial charge in [0.25, 0.3) is 0 Å². The van der Waals surface area contributed by atoms with E-state index in [0.29, 0.717) is 15.3 Å². The summed E-state index contributed by atoms with van der Waals surface area (Å²) in [6, 6.07) is 6.52. The molecule has 0 N–H and O–H groups in total. The van der Waals surface area contributed by atoms with Crippen LogP contribution in [0.2, 0.25) is 0 Å². The van der Waals surface area contributed by atoms with Crippen molar-refractivity contribution in [1.82, 2.24) is 0 Å². The average molecular weight is 273 g/mol. The molecule has 0 atom stereocenters. The summed E-state index contributed by atoms with van der Waals surface area (Å²) < 4.78 is 26.0. The van der Waals surface area contributed by atoms with Gasteiger partial charge >= 0.3 is 0 Å². The maximum Gasteiger partial charge on any atom is 0.187 e. The first-order valence-corrected chi connectivity index (χ1v) is 6.10. The third kappa shape index (κ3) is 2.70. The predicted octanol–water partition coefficient (Wildman–Crippen LogP) is 4.11. The molecule has 0 bridgehead atoms. The van der Waals surface area contributed by atoms with Crippen molar-refractivity contribution < 1.29 is 13.6 Å². The van der Waals surface area contributed by atoms with Gasteiger partial charge in [0.15, 0.2) is 5.78 Å². The summed E-state index contributed by atoms with van der Waals surface area (Å²) in [6.45, 7) is 0. The van der Waals surface area contributed by atoms with Crippen LogP contribution in [0.5, 0.6) is 0 Å². The summed E-state index contributed by atoms with van der Waals surface area (Å²) in [4.78, 5) is 12.4. The van der Waals surface area contributed by atoms with E-state index in [4.69, 9.17) is 11.6 Å². The quantitative estimate of drug-likeness (QED) is 0.607. The Morgan fingerprint density at radius 1 is 1.18 bits per heavy atom. The van der Waals surface area contributed by atoms with E-state index < -0.39 is 11.6 Å². The Bertz CT molecular complexity index is 545. The first kappa shape index (κ1) is 12.2. The molecule has 17 heavy (non-hydrogen) atoms. The van der Waals surface area contributed by atoms with Gasteiger partial charge < -0.3 is 0 Å². The van der Waals surface area contributed by atoms with E-state index in [0.717, 1.165) is 6.07 Å². The van der Waals surface area contributed by atoms with Gasteiger partial charge in [-0.25, -0.2) is 8.78 Å². The zero-order chi connectivity index (χ0) is 12.4. The first-order valence-electron chi connectivity index (χ1n) is 4.75. The highest BCUT2D eigenvalue weighted by molar-refractivity contribution is 7.17. The van der Waals surface area contributed by atoms with Gasteiger partial charge in [-0.15, -0.1) is 22.9 Å². The van der Waals surface area contributed by atoms with E-state index in [1.807, 2.05) is 0 Å². The highest BCUT2D eigenvalue weighted by Gasteiger charge is 2.10. The van der Waals surface area contributed by atoms with Crippen molar-refractivity contribution in [2.45, 2.75) is 0 Å². The number of carbonyl (C=O) groups excluding carboxylic acids is 1. The topological polar surface area (TPSA) is 17.1 Å². The molecular weight excluding hydrogens is 266 g/mol. The molecule has 0 amide bonds. The molecular formula is C12H7ClF2OS. The van der Waals surface area contributed by atoms with Crippen molar-refractivity contribution in [2.24, 2.45) is 0 Å². The zero-order valence-electron chi connectivity index (χ0n) is 8.54. The van der Waals surface area contributed by atoms with Crippen molar-refractivity contribution >= 4 is 28.7 Å². The minimum Gasteiger partial charge on any atom is -0.292 e. The van der Waals surface area contributed by atoms with Crippen LogP contribution in [0, 0.1) is 11.6 Å². The number of carbonyl (C=O) groups is 1. The molecule has 0 spiro atoms. The minimum atomic E-state index is -0.640. The summed E-state index contributed by atoms with van der Waals surface area (Å²) in [5.74, 6) is -1.57. The van der Waals surface area contributed by atoms with Gasteiger partial charge in [0.05, 0.1) is 10.8 Å². The lowest BCUT2D eigenvalue weighted by Gasteiger charge is -1.98. The molecule has 0 radical (unpaired) electrons. The summed E-state index contributed by atoms with van der Waals surface area (Å²) >= 11 is 6.60. The molecule has 0 saturated heterocycles. The standard InChI is InChI=1S/C12H7ClF2OS/c13-6-10(16)12-2-1-11(17-12)7-3-8(14)5-9(15)4-7/h1-5H,6H2. The maximum atomic E-state index is 13.0. The summed E-state index contributed by atoms with van der Waals surface area (Å²) in [7, 11) is 0. The zero-order valence-corrected chi connectivity index (χ0v) is 10.1. The molecule has 0 aliphatic rings. The van der Waals surface area contributed by atoms with Gasteiger partial charge in [0, 0.05) is 10.9 Å². The predicted molar refractivity (Wildman–Crippen MR) is 64.7 cm³/mol. The molecule has 2 rings (SSSR count). The van der Waals surface area contributed by atoms with Gasteiger partial charge in [-0.2, -0.15) is 0 Å². The van der Waals surface area contributed by atoms with Crippen LogP contribution in [0.25, 0.3) is 10.4 Å². The van der Waals surface area contributed by atoms with Crippen LogP contribution in [0.4, 0.5) is 8.78 Å². The second kappa shape index (κ2) is 4.94. The van der Waals surface area contributed by atoms with E-state index in [9.17, 15) is 13.6 Å². The molecule has 1 heterocycles. The van der Waals surface area contributed by atoms with E-state index >= 15 is 0 Å². The number of rotatable bonds is 3. The van der Waals surface area contributed by atoms with Crippen molar-refractivity contribution in [3.63, 3.8) is 0 Å². The molecule has 1 aromatic heterocycles. The molecule has 0 aliphatic heterocycles. The molecule has 0 unspecified atom stereocenters. The van der Waals surface area contributed by atoms with Crippen LogP contribution in [-0.4, -0.2) is 11.7 Å². The summed E-state index contributed by atoms with van der Waals surface area (Å²) in [5, 5.41) is 0. The fourth-order valence-corrected chi connectivity index (χ4v) is 2.56. The number of halogens is 3. The SMILES string of the molecule is O=C(CCl)c1ccc(-c2cc(F)cc(F)c2)s1. The molecule has 5 heteroatoms. The lowest BCUT2D eigenvalue weighted by atomic mass is 10.2. The van der Waals surface area contributed by atoms with Crippen LogP contribution in [0.15, 0.2) is 30.3 Å². The van der Waals surface area contributed by atoms with E-state index in [2.05, 4.69) is 0 Å². The molecule has 88 valence electrons. The Morgan fingerprint density at radius 2 is 1.82 bits per heavy atom. The third-order valence-corrected chi connectivity index (χ3v) is 3.57. The third-order valence-electron chi connectivity index (χ3n) is 2.15. The molecule has 2 aromatic rings. The molecule has 1 aromatic carbocycles. The van der Waals surface area contributed by atoms with Gasteiger partial charge in [-0.05, 0) is 29.8 Å². The first-order chi connectivity index (χ1) is 8.10. The number of ketones is 1. The number of thiophene rings is 1. The Balaban J connectivity index is 2.40. The van der Waals surface area contributed by atoms with E-state index in [-0.39, 0.29) is 11.7 Å². The van der Waals surface area contributed by atoms with Crippen LogP contribution >= 0.6 is 22.9 Å². The molecule has 0 fully saturated rings. The van der Waals surface area contributed by atoms with Gasteiger partial charge in [-0.3, -0.25) is 4.79 Å². The Labute approximate surface area is 106 Å². The van der Waals surface area contributed by atoms with E-state index in [1.54, 1.807) is 12.1 Å². The average Bonchev–Trinajstić information content (AvgIpc) is 2.76. The van der Waals surface area contributed by atoms with Crippen molar-refractivity contribution in [3.05, 3.63) is 46.8 Å². The number of hydrogen-bond donors (Lipinski definition) is 0. The Kier molecular flexibility index (Phi) is 3.54. The van der Waals surface area contributed by atoms with E-state index in [1.165, 1.54) is 23.5 Å². The van der Waals surface area contributed by atoms with Crippen LogP contribution in [0.1, 0.15) is 9.67 Å². The monoisotopic (exact) mass is 272 g/mol. The van der Waals surface area contributed by atoms with Crippen LogP contribution in [0.3, 0.4) is 0 Å². The lowest BCUT2D eigenvalue weighted by molar-refractivity contribution is 0.102. The fourth-order valence-electron chi connectivity index (χ4n) is 1.40. The molecule has 0 saturated carbocycles. The summed E-state index contributed by atoms with van der Waals surface area (Å²) in [6.07, 6.45) is 0. The molecule has 0 aliphatic carbocycles. The second-order valence-corrected chi connectivity index (χ2v) is 4.73. The second-order valence-electron chi connectivity index (χ2n) is 3.38. The normalized spacial score (nSPS) is 10.5. The molecule has 1 nitrogen and oxygen atoms in total.